The second kappa shape index (κ2) is 9.31. The van der Waals surface area contributed by atoms with Crippen molar-refractivity contribution >= 4 is 38.7 Å². The lowest BCUT2D eigenvalue weighted by molar-refractivity contribution is -0.114. The highest BCUT2D eigenvalue weighted by Crippen LogP contribution is 2.29. The van der Waals surface area contributed by atoms with E-state index in [1.54, 1.807) is 22.3 Å². The summed E-state index contributed by atoms with van der Waals surface area (Å²) < 4.78 is 6.54. The fourth-order valence-electron chi connectivity index (χ4n) is 3.32. The molecule has 3 aromatic rings. The van der Waals surface area contributed by atoms with Crippen LogP contribution in [-0.2, 0) is 9.53 Å². The molecule has 0 bridgehead atoms. The van der Waals surface area contributed by atoms with Gasteiger partial charge in [0, 0.05) is 32.3 Å². The molecule has 1 aliphatic rings. The van der Waals surface area contributed by atoms with Crippen LogP contribution in [0.25, 0.3) is 16.3 Å². The molecule has 1 aromatic heterocycles. The van der Waals surface area contributed by atoms with Crippen molar-refractivity contribution in [3.63, 3.8) is 0 Å². The number of rotatable bonds is 6. The summed E-state index contributed by atoms with van der Waals surface area (Å²) in [4.78, 5) is 22.0. The number of fused-ring (bicyclic) bond motifs is 1. The van der Waals surface area contributed by atoms with Crippen LogP contribution in [0.15, 0.2) is 54.6 Å². The van der Waals surface area contributed by atoms with Gasteiger partial charge in [-0.2, -0.15) is 0 Å². The third-order valence-corrected chi connectivity index (χ3v) is 6.03. The predicted octanol–water partition coefficient (Wildman–Crippen LogP) is 3.98. The van der Waals surface area contributed by atoms with Crippen molar-refractivity contribution in [2.45, 2.75) is 6.92 Å². The van der Waals surface area contributed by atoms with Gasteiger partial charge >= 0.3 is 0 Å². The number of aryl methyl sites for hydroxylation is 1. The minimum absolute atomic E-state index is 0.0436. The SMILES string of the molecule is Cc1ccc2nc(N(CCN3CCOCC3)C(=O)/C=C/c3ccccc3)sc2c1. The number of morpholine rings is 1. The standard InChI is InChI=1S/C23H25N3O2S/c1-18-7-9-20-21(17-18)29-23(24-20)26(12-11-25-13-15-28-16-14-25)22(27)10-8-19-5-3-2-4-6-19/h2-10,17H,11-16H2,1H3/b10-8+. The molecule has 4 rings (SSSR count). The van der Waals surface area contributed by atoms with Crippen molar-refractivity contribution in [1.29, 1.82) is 0 Å². The molecule has 0 saturated carbocycles. The Morgan fingerprint density at radius 2 is 2.00 bits per heavy atom. The Labute approximate surface area is 175 Å². The molecule has 150 valence electrons. The summed E-state index contributed by atoms with van der Waals surface area (Å²) in [5.41, 5.74) is 3.14. The number of carbonyl (C=O) groups excluding carboxylic acids is 1. The third kappa shape index (κ3) is 5.09. The van der Waals surface area contributed by atoms with Crippen LogP contribution in [0.1, 0.15) is 11.1 Å². The first-order valence-corrected chi connectivity index (χ1v) is 10.7. The quantitative estimate of drug-likeness (QED) is 0.580. The van der Waals surface area contributed by atoms with Crippen LogP contribution in [0, 0.1) is 6.92 Å². The van der Waals surface area contributed by atoms with E-state index in [-0.39, 0.29) is 5.91 Å². The largest absolute Gasteiger partial charge is 0.379 e. The van der Waals surface area contributed by atoms with Gasteiger partial charge in [0.2, 0.25) is 0 Å². The topological polar surface area (TPSA) is 45.7 Å². The third-order valence-electron chi connectivity index (χ3n) is 4.99. The maximum Gasteiger partial charge on any atom is 0.252 e. The van der Waals surface area contributed by atoms with Gasteiger partial charge in [0.15, 0.2) is 5.13 Å². The van der Waals surface area contributed by atoms with Crippen molar-refractivity contribution in [2.75, 3.05) is 44.3 Å². The number of thiazole rings is 1. The molecule has 0 aliphatic carbocycles. The zero-order valence-electron chi connectivity index (χ0n) is 16.6. The summed E-state index contributed by atoms with van der Waals surface area (Å²) in [5.74, 6) is -0.0436. The van der Waals surface area contributed by atoms with Crippen molar-refractivity contribution in [2.24, 2.45) is 0 Å². The number of amides is 1. The van der Waals surface area contributed by atoms with Crippen LogP contribution in [0.2, 0.25) is 0 Å². The average molecular weight is 408 g/mol. The van der Waals surface area contributed by atoms with Gasteiger partial charge in [-0.25, -0.2) is 4.98 Å². The lowest BCUT2D eigenvalue weighted by atomic mass is 10.2. The summed E-state index contributed by atoms with van der Waals surface area (Å²) in [7, 11) is 0. The number of hydrogen-bond donors (Lipinski definition) is 0. The van der Waals surface area contributed by atoms with Gasteiger partial charge < -0.3 is 4.74 Å². The van der Waals surface area contributed by atoms with Crippen LogP contribution < -0.4 is 4.90 Å². The fraction of sp³-hybridized carbons (Fsp3) is 0.304. The molecule has 0 N–H and O–H groups in total. The average Bonchev–Trinajstić information content (AvgIpc) is 3.16. The smallest absolute Gasteiger partial charge is 0.252 e. The first kappa shape index (κ1) is 19.8. The van der Waals surface area contributed by atoms with Crippen molar-refractivity contribution in [1.82, 2.24) is 9.88 Å². The van der Waals surface area contributed by atoms with Crippen molar-refractivity contribution < 1.29 is 9.53 Å². The minimum atomic E-state index is -0.0436. The van der Waals surface area contributed by atoms with E-state index < -0.39 is 0 Å². The minimum Gasteiger partial charge on any atom is -0.379 e. The van der Waals surface area contributed by atoms with Gasteiger partial charge in [-0.1, -0.05) is 47.7 Å². The van der Waals surface area contributed by atoms with E-state index in [1.165, 1.54) is 5.56 Å². The van der Waals surface area contributed by atoms with Crippen molar-refractivity contribution in [3.8, 4) is 0 Å². The highest BCUT2D eigenvalue weighted by Gasteiger charge is 2.20. The van der Waals surface area contributed by atoms with E-state index in [1.807, 2.05) is 42.5 Å². The zero-order chi connectivity index (χ0) is 20.1. The second-order valence-corrected chi connectivity index (χ2v) is 8.16. The summed E-state index contributed by atoms with van der Waals surface area (Å²) in [6, 6.07) is 16.1. The Morgan fingerprint density at radius 1 is 1.21 bits per heavy atom. The first-order chi connectivity index (χ1) is 14.2. The Kier molecular flexibility index (Phi) is 6.34. The summed E-state index contributed by atoms with van der Waals surface area (Å²) >= 11 is 1.57. The number of benzene rings is 2. The van der Waals surface area contributed by atoms with E-state index in [0.717, 1.165) is 53.8 Å². The molecule has 6 heteroatoms. The van der Waals surface area contributed by atoms with Crippen LogP contribution >= 0.6 is 11.3 Å². The van der Waals surface area contributed by atoms with Gasteiger partial charge in [-0.15, -0.1) is 0 Å². The maximum absolute atomic E-state index is 13.1. The Morgan fingerprint density at radius 3 is 2.79 bits per heavy atom. The van der Waals surface area contributed by atoms with Gasteiger partial charge in [-0.05, 0) is 36.3 Å². The molecule has 1 amide bonds. The first-order valence-electron chi connectivity index (χ1n) is 9.91. The molecule has 1 fully saturated rings. The number of ether oxygens (including phenoxy) is 1. The number of hydrogen-bond acceptors (Lipinski definition) is 5. The van der Waals surface area contributed by atoms with Crippen molar-refractivity contribution in [3.05, 3.63) is 65.7 Å². The van der Waals surface area contributed by atoms with E-state index in [2.05, 4.69) is 24.0 Å². The lowest BCUT2D eigenvalue weighted by Crippen LogP contribution is -2.42. The summed E-state index contributed by atoms with van der Waals surface area (Å²) in [5, 5.41) is 0.751. The van der Waals surface area contributed by atoms with Crippen LogP contribution in [0.5, 0.6) is 0 Å². The van der Waals surface area contributed by atoms with E-state index in [0.29, 0.717) is 6.54 Å². The molecule has 29 heavy (non-hydrogen) atoms. The molecule has 0 spiro atoms. The van der Waals surface area contributed by atoms with Crippen LogP contribution in [-0.4, -0.2) is 55.2 Å². The molecule has 0 radical (unpaired) electrons. The number of aromatic nitrogens is 1. The monoisotopic (exact) mass is 407 g/mol. The highest BCUT2D eigenvalue weighted by atomic mass is 32.1. The molecule has 2 aromatic carbocycles. The Hall–Kier alpha value is -2.54. The number of nitrogens with zero attached hydrogens (tertiary/aromatic N) is 3. The van der Waals surface area contributed by atoms with E-state index in [4.69, 9.17) is 9.72 Å². The lowest BCUT2D eigenvalue weighted by Gasteiger charge is -2.28. The fourth-order valence-corrected chi connectivity index (χ4v) is 4.42. The maximum atomic E-state index is 13.1. The van der Waals surface area contributed by atoms with E-state index in [9.17, 15) is 4.79 Å². The van der Waals surface area contributed by atoms with Crippen LogP contribution in [0.4, 0.5) is 5.13 Å². The molecule has 1 aliphatic heterocycles. The zero-order valence-corrected chi connectivity index (χ0v) is 17.4. The van der Waals surface area contributed by atoms with Gasteiger partial charge in [0.05, 0.1) is 23.4 Å². The summed E-state index contributed by atoms with van der Waals surface area (Å²) in [6.07, 6.45) is 3.51. The Bertz CT molecular complexity index is 994. The molecule has 0 atom stereocenters. The normalized spacial score (nSPS) is 15.2. The molecular weight excluding hydrogens is 382 g/mol. The van der Waals surface area contributed by atoms with Gasteiger partial charge in [-0.3, -0.25) is 14.6 Å². The molecule has 2 heterocycles. The predicted molar refractivity (Wildman–Crippen MR) is 119 cm³/mol. The second-order valence-electron chi connectivity index (χ2n) is 7.16. The molecule has 1 saturated heterocycles. The van der Waals surface area contributed by atoms with Gasteiger partial charge in [0.25, 0.3) is 5.91 Å². The molecule has 0 unspecified atom stereocenters. The summed E-state index contributed by atoms with van der Waals surface area (Å²) in [6.45, 7) is 6.80. The van der Waals surface area contributed by atoms with Crippen LogP contribution in [0.3, 0.4) is 0 Å². The molecule has 5 nitrogen and oxygen atoms in total. The van der Waals surface area contributed by atoms with Gasteiger partial charge in [0.1, 0.15) is 0 Å². The molecular formula is C23H25N3O2S. The highest BCUT2D eigenvalue weighted by molar-refractivity contribution is 7.22. The Balaban J connectivity index is 1.56. The number of anilines is 1. The number of carbonyl (C=O) groups is 1. The van der Waals surface area contributed by atoms with E-state index >= 15 is 0 Å².